The van der Waals surface area contributed by atoms with Gasteiger partial charge in [-0.3, -0.25) is 5.84 Å². The minimum atomic E-state index is -0.854. The standard InChI is InChI=1S/C13H9Cl3F2N2/c14-6-1-2-9(15)7(3-6)13(20-19)8-4-12(18)10(16)5-11(8)17/h1-5,13,20H,19H2. The Balaban J connectivity index is 2.58. The molecule has 0 amide bonds. The minimum absolute atomic E-state index is 0.0152. The molecule has 1 atom stereocenters. The molecule has 0 fully saturated rings. The zero-order chi connectivity index (χ0) is 14.9. The van der Waals surface area contributed by atoms with Crippen LogP contribution in [0.25, 0.3) is 0 Å². The van der Waals surface area contributed by atoms with Gasteiger partial charge < -0.3 is 0 Å². The topological polar surface area (TPSA) is 38.0 Å². The summed E-state index contributed by atoms with van der Waals surface area (Å²) in [6.07, 6.45) is 0. The lowest BCUT2D eigenvalue weighted by Crippen LogP contribution is -2.30. The molecule has 1 unspecified atom stereocenters. The Kier molecular flexibility index (Phi) is 4.83. The lowest BCUT2D eigenvalue weighted by Gasteiger charge is -2.19. The normalized spacial score (nSPS) is 12.5. The van der Waals surface area contributed by atoms with Crippen LogP contribution in [0.15, 0.2) is 30.3 Å². The van der Waals surface area contributed by atoms with Crippen LogP contribution >= 0.6 is 34.8 Å². The van der Waals surface area contributed by atoms with Gasteiger partial charge in [0.1, 0.15) is 11.6 Å². The fourth-order valence-electron chi connectivity index (χ4n) is 1.84. The van der Waals surface area contributed by atoms with Crippen molar-refractivity contribution in [3.63, 3.8) is 0 Å². The first-order valence-corrected chi connectivity index (χ1v) is 6.63. The molecule has 2 aromatic carbocycles. The summed E-state index contributed by atoms with van der Waals surface area (Å²) in [4.78, 5) is 0. The summed E-state index contributed by atoms with van der Waals surface area (Å²) in [5, 5.41) is 0.422. The average Bonchev–Trinajstić information content (AvgIpc) is 2.40. The second kappa shape index (κ2) is 6.24. The first-order valence-electron chi connectivity index (χ1n) is 5.49. The molecule has 0 aliphatic carbocycles. The van der Waals surface area contributed by atoms with E-state index in [4.69, 9.17) is 40.6 Å². The fraction of sp³-hybridized carbons (Fsp3) is 0.0769. The third-order valence-corrected chi connectivity index (χ3v) is 3.66. The predicted molar refractivity (Wildman–Crippen MR) is 77.0 cm³/mol. The second-order valence-electron chi connectivity index (χ2n) is 4.05. The minimum Gasteiger partial charge on any atom is -0.271 e. The molecule has 0 spiro atoms. The average molecular weight is 338 g/mol. The predicted octanol–water partition coefficient (Wildman–Crippen LogP) is 4.48. The van der Waals surface area contributed by atoms with Gasteiger partial charge >= 0.3 is 0 Å². The molecule has 2 nitrogen and oxygen atoms in total. The number of rotatable bonds is 3. The van der Waals surface area contributed by atoms with E-state index in [9.17, 15) is 8.78 Å². The van der Waals surface area contributed by atoms with Crippen LogP contribution in [0.3, 0.4) is 0 Å². The van der Waals surface area contributed by atoms with Crippen molar-refractivity contribution in [1.29, 1.82) is 0 Å². The van der Waals surface area contributed by atoms with Gasteiger partial charge in [-0.05, 0) is 35.9 Å². The molecule has 106 valence electrons. The molecule has 0 saturated heterocycles. The van der Waals surface area contributed by atoms with Crippen LogP contribution in [0.2, 0.25) is 15.1 Å². The smallest absolute Gasteiger partial charge is 0.142 e. The van der Waals surface area contributed by atoms with Crippen LogP contribution in [-0.2, 0) is 0 Å². The molecule has 0 saturated carbocycles. The summed E-state index contributed by atoms with van der Waals surface area (Å²) in [5.74, 6) is 3.99. The lowest BCUT2D eigenvalue weighted by atomic mass is 9.98. The zero-order valence-corrected chi connectivity index (χ0v) is 12.2. The van der Waals surface area contributed by atoms with E-state index in [1.807, 2.05) is 0 Å². The molecule has 3 N–H and O–H groups in total. The van der Waals surface area contributed by atoms with E-state index < -0.39 is 17.7 Å². The molecule has 2 rings (SSSR count). The van der Waals surface area contributed by atoms with Gasteiger partial charge in [0.25, 0.3) is 0 Å². The van der Waals surface area contributed by atoms with Gasteiger partial charge in [-0.1, -0.05) is 34.8 Å². The number of nitrogens with two attached hydrogens (primary N) is 1. The summed E-state index contributed by atoms with van der Waals surface area (Å²) in [7, 11) is 0. The quantitative estimate of drug-likeness (QED) is 0.492. The molecule has 0 aliphatic heterocycles. The SMILES string of the molecule is NNC(c1cc(F)c(Cl)cc1F)c1cc(Cl)ccc1Cl. The van der Waals surface area contributed by atoms with Crippen LogP contribution in [-0.4, -0.2) is 0 Å². The van der Waals surface area contributed by atoms with Crippen molar-refractivity contribution >= 4 is 34.8 Å². The van der Waals surface area contributed by atoms with E-state index in [2.05, 4.69) is 5.43 Å². The third-order valence-electron chi connectivity index (χ3n) is 2.79. The van der Waals surface area contributed by atoms with Gasteiger partial charge in [0, 0.05) is 15.6 Å². The van der Waals surface area contributed by atoms with Crippen molar-refractivity contribution < 1.29 is 8.78 Å². The van der Waals surface area contributed by atoms with Crippen LogP contribution in [0, 0.1) is 11.6 Å². The van der Waals surface area contributed by atoms with Crippen molar-refractivity contribution in [3.8, 4) is 0 Å². The Hall–Kier alpha value is -0.910. The maximum absolute atomic E-state index is 14.0. The van der Waals surface area contributed by atoms with Gasteiger partial charge in [0.2, 0.25) is 0 Å². The van der Waals surface area contributed by atoms with Crippen molar-refractivity contribution in [2.45, 2.75) is 6.04 Å². The van der Waals surface area contributed by atoms with E-state index in [0.717, 1.165) is 12.1 Å². The summed E-state index contributed by atoms with van der Waals surface area (Å²) in [6, 6.07) is 5.66. The molecule has 7 heteroatoms. The van der Waals surface area contributed by atoms with Crippen LogP contribution in [0.4, 0.5) is 8.78 Å². The summed E-state index contributed by atoms with van der Waals surface area (Å²) in [6.45, 7) is 0. The summed E-state index contributed by atoms with van der Waals surface area (Å²) in [5.41, 5.74) is 2.81. The lowest BCUT2D eigenvalue weighted by molar-refractivity contribution is 0.546. The summed E-state index contributed by atoms with van der Waals surface area (Å²) < 4.78 is 27.5. The van der Waals surface area contributed by atoms with E-state index >= 15 is 0 Å². The molecular weight excluding hydrogens is 329 g/mol. The fourth-order valence-corrected chi connectivity index (χ4v) is 2.40. The van der Waals surface area contributed by atoms with E-state index in [1.165, 1.54) is 6.07 Å². The van der Waals surface area contributed by atoms with E-state index in [1.54, 1.807) is 12.1 Å². The van der Waals surface area contributed by atoms with Crippen molar-refractivity contribution in [2.75, 3.05) is 0 Å². The van der Waals surface area contributed by atoms with Crippen LogP contribution in [0.1, 0.15) is 17.2 Å². The summed E-state index contributed by atoms with van der Waals surface area (Å²) >= 11 is 17.5. The number of halogens is 5. The van der Waals surface area contributed by atoms with Gasteiger partial charge in [-0.15, -0.1) is 0 Å². The van der Waals surface area contributed by atoms with Gasteiger partial charge in [0.15, 0.2) is 0 Å². The molecule has 20 heavy (non-hydrogen) atoms. The zero-order valence-electron chi connectivity index (χ0n) is 9.93. The Morgan fingerprint density at radius 1 is 0.900 bits per heavy atom. The van der Waals surface area contributed by atoms with Crippen molar-refractivity contribution in [3.05, 3.63) is 68.2 Å². The first-order chi connectivity index (χ1) is 9.43. The number of nitrogens with one attached hydrogen (secondary N) is 1. The molecule has 0 heterocycles. The van der Waals surface area contributed by atoms with E-state index in [-0.39, 0.29) is 10.6 Å². The monoisotopic (exact) mass is 336 g/mol. The number of hydrazine groups is 1. The number of hydrogen-bond donors (Lipinski definition) is 2. The van der Waals surface area contributed by atoms with Gasteiger partial charge in [-0.25, -0.2) is 14.2 Å². The molecular formula is C13H9Cl3F2N2. The third kappa shape index (κ3) is 3.05. The first kappa shape index (κ1) is 15.5. The van der Waals surface area contributed by atoms with E-state index in [0.29, 0.717) is 15.6 Å². The highest BCUT2D eigenvalue weighted by atomic mass is 35.5. The highest BCUT2D eigenvalue weighted by molar-refractivity contribution is 6.33. The van der Waals surface area contributed by atoms with Gasteiger partial charge in [0.05, 0.1) is 11.1 Å². The maximum atomic E-state index is 14.0. The molecule has 0 aromatic heterocycles. The molecule has 0 radical (unpaired) electrons. The van der Waals surface area contributed by atoms with Gasteiger partial charge in [-0.2, -0.15) is 0 Å². The number of benzene rings is 2. The largest absolute Gasteiger partial charge is 0.271 e. The van der Waals surface area contributed by atoms with Crippen molar-refractivity contribution in [1.82, 2.24) is 5.43 Å². The van der Waals surface area contributed by atoms with Crippen molar-refractivity contribution in [2.24, 2.45) is 5.84 Å². The second-order valence-corrected chi connectivity index (χ2v) is 5.30. The number of hydrogen-bond acceptors (Lipinski definition) is 2. The highest BCUT2D eigenvalue weighted by Gasteiger charge is 2.21. The Labute approximate surface area is 129 Å². The maximum Gasteiger partial charge on any atom is 0.142 e. The van der Waals surface area contributed by atoms with Crippen LogP contribution in [0.5, 0.6) is 0 Å². The Morgan fingerprint density at radius 2 is 1.60 bits per heavy atom. The molecule has 0 aliphatic rings. The molecule has 2 aromatic rings. The highest BCUT2D eigenvalue weighted by Crippen LogP contribution is 2.33. The van der Waals surface area contributed by atoms with Crippen LogP contribution < -0.4 is 11.3 Å². The Bertz CT molecular complexity index is 650. The Morgan fingerprint density at radius 3 is 2.25 bits per heavy atom. The molecule has 0 bridgehead atoms.